The average Bonchev–Trinajstić information content (AvgIpc) is 2.36. The van der Waals surface area contributed by atoms with Gasteiger partial charge in [0.2, 0.25) is 0 Å². The van der Waals surface area contributed by atoms with E-state index in [0.29, 0.717) is 0 Å². The van der Waals surface area contributed by atoms with Crippen LogP contribution in [0.25, 0.3) is 0 Å². The summed E-state index contributed by atoms with van der Waals surface area (Å²) in [7, 11) is 0. The molecule has 2 N–H and O–H groups in total. The molecule has 1 rings (SSSR count). The molecule has 0 spiro atoms. The molecule has 5 nitrogen and oxygen atoms in total. The number of rotatable bonds is 3. The van der Waals surface area contributed by atoms with Crippen LogP contribution in [-0.2, 0) is 4.74 Å². The van der Waals surface area contributed by atoms with Crippen molar-refractivity contribution in [3.63, 3.8) is 0 Å². The summed E-state index contributed by atoms with van der Waals surface area (Å²) in [6.07, 6.45) is -5.12. The van der Waals surface area contributed by atoms with Gasteiger partial charge in [-0.25, -0.2) is 4.79 Å². The highest BCUT2D eigenvalue weighted by molar-refractivity contribution is 5.67. The molecule has 1 aromatic rings. The van der Waals surface area contributed by atoms with E-state index in [0.717, 1.165) is 12.1 Å². The summed E-state index contributed by atoms with van der Waals surface area (Å²) in [4.78, 5) is 11.4. The SMILES string of the molecule is CC(C)(C)OC(=O)NCCC#Cc1ccc(OC(F)(F)F)cc1O. The number of ether oxygens (including phenoxy) is 2. The number of carbonyl (C=O) groups is 1. The molecule has 0 aromatic heterocycles. The van der Waals surface area contributed by atoms with E-state index in [2.05, 4.69) is 21.9 Å². The van der Waals surface area contributed by atoms with Crippen molar-refractivity contribution in [2.45, 2.75) is 39.2 Å². The highest BCUT2D eigenvalue weighted by Crippen LogP contribution is 2.27. The predicted octanol–water partition coefficient (Wildman–Crippen LogP) is 3.56. The van der Waals surface area contributed by atoms with Crippen LogP contribution in [0.15, 0.2) is 18.2 Å². The number of phenols is 1. The van der Waals surface area contributed by atoms with Crippen molar-refractivity contribution in [1.29, 1.82) is 0 Å². The first-order valence-corrected chi connectivity index (χ1v) is 7.01. The summed E-state index contributed by atoms with van der Waals surface area (Å²) in [5, 5.41) is 12.1. The van der Waals surface area contributed by atoms with Crippen LogP contribution < -0.4 is 10.1 Å². The third kappa shape index (κ3) is 8.17. The van der Waals surface area contributed by atoms with Gasteiger partial charge in [-0.15, -0.1) is 13.2 Å². The number of carbonyl (C=O) groups excluding carboxylic acids is 1. The van der Waals surface area contributed by atoms with Crippen LogP contribution in [0.1, 0.15) is 32.8 Å². The number of hydrogen-bond acceptors (Lipinski definition) is 4. The Balaban J connectivity index is 2.51. The Bertz CT molecular complexity index is 639. The van der Waals surface area contributed by atoms with Gasteiger partial charge in [0.05, 0.1) is 5.56 Å². The average molecular weight is 345 g/mol. The minimum Gasteiger partial charge on any atom is -0.507 e. The number of hydrogen-bond donors (Lipinski definition) is 2. The Kier molecular flexibility index (Phi) is 6.35. The maximum absolute atomic E-state index is 12.1. The number of halogens is 3. The van der Waals surface area contributed by atoms with Crippen LogP contribution in [0, 0.1) is 11.8 Å². The fraction of sp³-hybridized carbons (Fsp3) is 0.438. The highest BCUT2D eigenvalue weighted by Gasteiger charge is 2.31. The zero-order valence-corrected chi connectivity index (χ0v) is 13.5. The van der Waals surface area contributed by atoms with E-state index < -0.39 is 29.6 Å². The smallest absolute Gasteiger partial charge is 0.507 e. The van der Waals surface area contributed by atoms with Gasteiger partial charge in [0.1, 0.15) is 17.1 Å². The molecule has 0 aliphatic carbocycles. The lowest BCUT2D eigenvalue weighted by Gasteiger charge is -2.19. The highest BCUT2D eigenvalue weighted by atomic mass is 19.4. The maximum Gasteiger partial charge on any atom is 0.573 e. The van der Waals surface area contributed by atoms with E-state index in [9.17, 15) is 23.1 Å². The van der Waals surface area contributed by atoms with Crippen LogP contribution in [0.2, 0.25) is 0 Å². The lowest BCUT2D eigenvalue weighted by molar-refractivity contribution is -0.274. The Labute approximate surface area is 137 Å². The molecule has 0 saturated heterocycles. The molecule has 0 radical (unpaired) electrons. The number of alkyl halides is 3. The third-order valence-electron chi connectivity index (χ3n) is 2.34. The number of aromatic hydroxyl groups is 1. The summed E-state index contributed by atoms with van der Waals surface area (Å²) < 4.78 is 44.9. The largest absolute Gasteiger partial charge is 0.573 e. The molecule has 0 unspecified atom stereocenters. The van der Waals surface area contributed by atoms with Crippen molar-refractivity contribution in [2.75, 3.05) is 6.54 Å². The standard InChI is InChI=1S/C16H18F3NO4/c1-15(2,3)24-14(22)20-9-5-4-6-11-7-8-12(10-13(11)21)23-16(17,18)19/h7-8,10,21H,5,9H2,1-3H3,(H,20,22). The fourth-order valence-electron chi connectivity index (χ4n) is 1.51. The van der Waals surface area contributed by atoms with Gasteiger partial charge >= 0.3 is 12.5 Å². The number of benzene rings is 1. The minimum atomic E-state index is -4.83. The van der Waals surface area contributed by atoms with E-state index in [4.69, 9.17) is 4.74 Å². The van der Waals surface area contributed by atoms with Gasteiger partial charge in [-0.2, -0.15) is 0 Å². The number of phenolic OH excluding ortho intramolecular Hbond substituents is 1. The van der Waals surface area contributed by atoms with Gasteiger partial charge in [0, 0.05) is 19.0 Å². The molecule has 0 aliphatic rings. The monoisotopic (exact) mass is 345 g/mol. The summed E-state index contributed by atoms with van der Waals surface area (Å²) in [5.41, 5.74) is -0.441. The van der Waals surface area contributed by atoms with Crippen molar-refractivity contribution in [2.24, 2.45) is 0 Å². The first kappa shape index (κ1) is 19.5. The molecule has 0 saturated carbocycles. The van der Waals surface area contributed by atoms with Gasteiger partial charge in [0.15, 0.2) is 0 Å². The second-order valence-electron chi connectivity index (χ2n) is 5.71. The molecule has 132 valence electrons. The Morgan fingerprint density at radius 1 is 1.29 bits per heavy atom. The molecule has 0 aliphatic heterocycles. The number of nitrogens with one attached hydrogen (secondary N) is 1. The Hall–Kier alpha value is -2.56. The summed E-state index contributed by atoms with van der Waals surface area (Å²) >= 11 is 0. The minimum absolute atomic E-state index is 0.154. The van der Waals surface area contributed by atoms with E-state index in [1.165, 1.54) is 6.07 Å². The second kappa shape index (κ2) is 7.81. The van der Waals surface area contributed by atoms with E-state index >= 15 is 0 Å². The molecule has 0 fully saturated rings. The molecular weight excluding hydrogens is 327 g/mol. The summed E-state index contributed by atoms with van der Waals surface area (Å²) in [6, 6.07) is 3.09. The second-order valence-corrected chi connectivity index (χ2v) is 5.71. The maximum atomic E-state index is 12.1. The fourth-order valence-corrected chi connectivity index (χ4v) is 1.51. The quantitative estimate of drug-likeness (QED) is 0.649. The Morgan fingerprint density at radius 2 is 1.96 bits per heavy atom. The molecule has 8 heteroatoms. The van der Waals surface area contributed by atoms with Crippen LogP contribution >= 0.6 is 0 Å². The van der Waals surface area contributed by atoms with Crippen molar-refractivity contribution >= 4 is 6.09 Å². The van der Waals surface area contributed by atoms with Gasteiger partial charge in [-0.3, -0.25) is 0 Å². The van der Waals surface area contributed by atoms with Crippen LogP contribution in [0.4, 0.5) is 18.0 Å². The summed E-state index contributed by atoms with van der Waals surface area (Å²) in [5.74, 6) is 4.32. The zero-order chi connectivity index (χ0) is 18.4. The lowest BCUT2D eigenvalue weighted by Crippen LogP contribution is -2.32. The van der Waals surface area contributed by atoms with E-state index in [-0.39, 0.29) is 18.5 Å². The molecule has 0 bridgehead atoms. The van der Waals surface area contributed by atoms with Gasteiger partial charge < -0.3 is 19.9 Å². The topological polar surface area (TPSA) is 67.8 Å². The van der Waals surface area contributed by atoms with Crippen molar-refractivity contribution in [1.82, 2.24) is 5.32 Å². The summed E-state index contributed by atoms with van der Waals surface area (Å²) in [6.45, 7) is 5.45. The predicted molar refractivity (Wildman–Crippen MR) is 80.5 cm³/mol. The van der Waals surface area contributed by atoms with Crippen molar-refractivity contribution in [3.05, 3.63) is 23.8 Å². The Morgan fingerprint density at radius 3 is 2.50 bits per heavy atom. The molecule has 0 heterocycles. The third-order valence-corrected chi connectivity index (χ3v) is 2.34. The van der Waals surface area contributed by atoms with E-state index in [1.54, 1.807) is 20.8 Å². The first-order valence-electron chi connectivity index (χ1n) is 7.01. The van der Waals surface area contributed by atoms with Gasteiger partial charge in [-0.05, 0) is 32.9 Å². The molecule has 24 heavy (non-hydrogen) atoms. The van der Waals surface area contributed by atoms with Gasteiger partial charge in [-0.1, -0.05) is 11.8 Å². The van der Waals surface area contributed by atoms with Gasteiger partial charge in [0.25, 0.3) is 0 Å². The number of alkyl carbamates (subject to hydrolysis) is 1. The van der Waals surface area contributed by atoms with Crippen LogP contribution in [0.5, 0.6) is 11.5 Å². The van der Waals surface area contributed by atoms with Crippen molar-refractivity contribution in [3.8, 4) is 23.3 Å². The van der Waals surface area contributed by atoms with Crippen molar-refractivity contribution < 1.29 is 32.5 Å². The molecule has 0 atom stereocenters. The van der Waals surface area contributed by atoms with Crippen LogP contribution in [0.3, 0.4) is 0 Å². The van der Waals surface area contributed by atoms with Crippen LogP contribution in [-0.4, -0.2) is 29.7 Å². The normalized spacial score (nSPS) is 11.2. The molecule has 1 aromatic carbocycles. The first-order chi connectivity index (χ1) is 11.0. The molecule has 1 amide bonds. The number of amides is 1. The van der Waals surface area contributed by atoms with E-state index in [1.807, 2.05) is 0 Å². The zero-order valence-electron chi connectivity index (χ0n) is 13.5. The molecular formula is C16H18F3NO4. The lowest BCUT2D eigenvalue weighted by atomic mass is 10.2.